The Morgan fingerprint density at radius 2 is 1.96 bits per heavy atom. The van der Waals surface area contributed by atoms with E-state index in [2.05, 4.69) is 23.2 Å². The molecular weight excluding hydrogens is 374 g/mol. The summed E-state index contributed by atoms with van der Waals surface area (Å²) in [5, 5.41) is 2.34. The van der Waals surface area contributed by atoms with E-state index < -0.39 is 11.1 Å². The summed E-state index contributed by atoms with van der Waals surface area (Å²) in [6.07, 6.45) is 4.18. The number of nitrogens with one attached hydrogen (secondary N) is 1. The predicted molar refractivity (Wildman–Crippen MR) is 113 cm³/mol. The Bertz CT molecular complexity index is 813. The van der Waals surface area contributed by atoms with Crippen LogP contribution in [0.3, 0.4) is 0 Å². The van der Waals surface area contributed by atoms with Crippen LogP contribution in [-0.2, 0) is 9.59 Å². The molecule has 0 atom stereocenters. The Hall–Kier alpha value is -2.28. The van der Waals surface area contributed by atoms with Gasteiger partial charge in [-0.1, -0.05) is 19.9 Å². The third-order valence-corrected chi connectivity index (χ3v) is 5.76. The summed E-state index contributed by atoms with van der Waals surface area (Å²) in [6.45, 7) is 8.49. The smallest absolute Gasteiger partial charge is 0.294 e. The lowest BCUT2D eigenvalue weighted by molar-refractivity contribution is -0.129. The molecule has 3 amide bonds. The van der Waals surface area contributed by atoms with E-state index in [-0.39, 0.29) is 12.5 Å². The maximum Gasteiger partial charge on any atom is 0.294 e. The van der Waals surface area contributed by atoms with Crippen molar-refractivity contribution >= 4 is 40.6 Å². The molecule has 0 spiro atoms. The van der Waals surface area contributed by atoms with Crippen LogP contribution < -0.4 is 10.2 Å². The maximum absolute atomic E-state index is 12.6. The van der Waals surface area contributed by atoms with Gasteiger partial charge in [-0.3, -0.25) is 19.3 Å². The van der Waals surface area contributed by atoms with Crippen molar-refractivity contribution in [1.29, 1.82) is 0 Å². The van der Waals surface area contributed by atoms with Crippen molar-refractivity contribution < 1.29 is 14.4 Å². The fourth-order valence-electron chi connectivity index (χ4n) is 3.39. The van der Waals surface area contributed by atoms with Gasteiger partial charge in [0.1, 0.15) is 6.54 Å². The van der Waals surface area contributed by atoms with Crippen LogP contribution in [0.25, 0.3) is 6.08 Å². The van der Waals surface area contributed by atoms with Crippen molar-refractivity contribution in [2.24, 2.45) is 5.92 Å². The molecule has 1 N–H and O–H groups in total. The zero-order valence-corrected chi connectivity index (χ0v) is 17.5. The molecule has 0 aromatic heterocycles. The fourth-order valence-corrected chi connectivity index (χ4v) is 4.22. The summed E-state index contributed by atoms with van der Waals surface area (Å²) in [6, 6.07) is 6.09. The van der Waals surface area contributed by atoms with E-state index in [1.807, 2.05) is 26.0 Å². The van der Waals surface area contributed by atoms with Gasteiger partial charge in [-0.2, -0.15) is 0 Å². The van der Waals surface area contributed by atoms with Crippen molar-refractivity contribution in [3.8, 4) is 0 Å². The Balaban J connectivity index is 1.69. The fraction of sp³-hybridized carbons (Fsp3) is 0.476. The van der Waals surface area contributed by atoms with Gasteiger partial charge in [-0.15, -0.1) is 0 Å². The Kier molecular flexibility index (Phi) is 6.44. The molecule has 0 bridgehead atoms. The standard InChI is InChI=1S/C21H27N3O3S/c1-14(2)12-22-19(25)13-24-20(26)18(28-21(24)27)11-16-6-7-17(15(3)10-16)23-8-4-5-9-23/h6-7,10-11,14H,4-5,8-9,12-13H2,1-3H3,(H,22,25)/b18-11-. The molecular formula is C21H27N3O3S. The first kappa shape index (κ1) is 20.5. The highest BCUT2D eigenvalue weighted by Crippen LogP contribution is 2.33. The second kappa shape index (κ2) is 8.82. The number of amides is 3. The number of hydrogen-bond acceptors (Lipinski definition) is 5. The van der Waals surface area contributed by atoms with Crippen molar-refractivity contribution in [1.82, 2.24) is 10.2 Å². The number of nitrogens with zero attached hydrogens (tertiary/aromatic N) is 2. The highest BCUT2D eigenvalue weighted by Gasteiger charge is 2.36. The number of benzene rings is 1. The molecule has 28 heavy (non-hydrogen) atoms. The number of imide groups is 1. The molecule has 2 heterocycles. The lowest BCUT2D eigenvalue weighted by Crippen LogP contribution is -2.40. The van der Waals surface area contributed by atoms with Crippen LogP contribution in [0, 0.1) is 12.8 Å². The minimum absolute atomic E-state index is 0.234. The molecule has 0 aliphatic carbocycles. The van der Waals surface area contributed by atoms with Gasteiger partial charge in [-0.05, 0) is 66.8 Å². The number of carbonyl (C=O) groups is 3. The van der Waals surface area contributed by atoms with Crippen LogP contribution in [0.1, 0.15) is 37.8 Å². The largest absolute Gasteiger partial charge is 0.371 e. The third kappa shape index (κ3) is 4.76. The molecule has 2 fully saturated rings. The topological polar surface area (TPSA) is 69.7 Å². The summed E-state index contributed by atoms with van der Waals surface area (Å²) < 4.78 is 0. The van der Waals surface area contributed by atoms with E-state index >= 15 is 0 Å². The van der Waals surface area contributed by atoms with Gasteiger partial charge >= 0.3 is 0 Å². The van der Waals surface area contributed by atoms with E-state index in [1.54, 1.807) is 6.08 Å². The second-order valence-electron chi connectivity index (χ2n) is 7.71. The summed E-state index contributed by atoms with van der Waals surface area (Å²) in [5.41, 5.74) is 3.27. The predicted octanol–water partition coefficient (Wildman–Crippen LogP) is 3.40. The van der Waals surface area contributed by atoms with Crippen LogP contribution >= 0.6 is 11.8 Å². The normalized spacial score (nSPS) is 18.6. The van der Waals surface area contributed by atoms with Gasteiger partial charge in [-0.25, -0.2) is 0 Å². The molecule has 1 aromatic rings. The molecule has 2 saturated heterocycles. The van der Waals surface area contributed by atoms with Crippen LogP contribution in [0.2, 0.25) is 0 Å². The average molecular weight is 402 g/mol. The van der Waals surface area contributed by atoms with Crippen LogP contribution in [0.4, 0.5) is 10.5 Å². The molecule has 0 saturated carbocycles. The van der Waals surface area contributed by atoms with Gasteiger partial charge < -0.3 is 10.2 Å². The number of aryl methyl sites for hydroxylation is 1. The molecule has 7 heteroatoms. The lowest BCUT2D eigenvalue weighted by atomic mass is 10.1. The summed E-state index contributed by atoms with van der Waals surface area (Å²) >= 11 is 0.886. The molecule has 150 valence electrons. The number of anilines is 1. The van der Waals surface area contributed by atoms with Gasteiger partial charge in [0.15, 0.2) is 0 Å². The molecule has 3 rings (SSSR count). The molecule has 2 aliphatic heterocycles. The van der Waals surface area contributed by atoms with Crippen molar-refractivity contribution in [2.75, 3.05) is 31.1 Å². The number of rotatable bonds is 6. The Labute approximate surface area is 170 Å². The lowest BCUT2D eigenvalue weighted by Gasteiger charge is -2.20. The first-order valence-electron chi connectivity index (χ1n) is 9.73. The second-order valence-corrected chi connectivity index (χ2v) is 8.70. The highest BCUT2D eigenvalue weighted by molar-refractivity contribution is 8.18. The van der Waals surface area contributed by atoms with E-state index in [0.29, 0.717) is 17.4 Å². The van der Waals surface area contributed by atoms with Crippen molar-refractivity contribution in [2.45, 2.75) is 33.6 Å². The van der Waals surface area contributed by atoms with E-state index in [1.165, 1.54) is 18.5 Å². The minimum atomic E-state index is -0.407. The summed E-state index contributed by atoms with van der Waals surface area (Å²) in [4.78, 5) is 40.5. The average Bonchev–Trinajstić information content (AvgIpc) is 3.25. The van der Waals surface area contributed by atoms with Gasteiger partial charge in [0.25, 0.3) is 11.1 Å². The molecule has 0 unspecified atom stereocenters. The number of thioether (sulfide) groups is 1. The van der Waals surface area contributed by atoms with Gasteiger partial charge in [0.2, 0.25) is 5.91 Å². The molecule has 0 radical (unpaired) electrons. The SMILES string of the molecule is Cc1cc(/C=C2\SC(=O)N(CC(=O)NCC(C)C)C2=O)ccc1N1CCCC1. The van der Waals surface area contributed by atoms with Gasteiger partial charge in [0.05, 0.1) is 4.91 Å². The van der Waals surface area contributed by atoms with Crippen LogP contribution in [0.15, 0.2) is 23.1 Å². The molecule has 1 aromatic carbocycles. The minimum Gasteiger partial charge on any atom is -0.371 e. The summed E-state index contributed by atoms with van der Waals surface area (Å²) in [7, 11) is 0. The Morgan fingerprint density at radius 1 is 1.25 bits per heavy atom. The van der Waals surface area contributed by atoms with E-state index in [4.69, 9.17) is 0 Å². The Morgan fingerprint density at radius 3 is 2.61 bits per heavy atom. The van der Waals surface area contributed by atoms with Crippen molar-refractivity contribution in [3.05, 3.63) is 34.2 Å². The zero-order chi connectivity index (χ0) is 20.3. The van der Waals surface area contributed by atoms with E-state index in [0.717, 1.165) is 40.9 Å². The monoisotopic (exact) mass is 401 g/mol. The number of carbonyl (C=O) groups excluding carboxylic acids is 3. The third-order valence-electron chi connectivity index (χ3n) is 4.85. The zero-order valence-electron chi connectivity index (χ0n) is 16.7. The van der Waals surface area contributed by atoms with Crippen LogP contribution in [0.5, 0.6) is 0 Å². The quantitative estimate of drug-likeness (QED) is 0.740. The maximum atomic E-state index is 12.6. The number of hydrogen-bond donors (Lipinski definition) is 1. The summed E-state index contributed by atoms with van der Waals surface area (Å²) in [5.74, 6) is -0.412. The first-order chi connectivity index (χ1) is 13.3. The first-order valence-corrected chi connectivity index (χ1v) is 10.5. The highest BCUT2D eigenvalue weighted by atomic mass is 32.2. The molecule has 6 nitrogen and oxygen atoms in total. The molecule has 2 aliphatic rings. The van der Waals surface area contributed by atoms with E-state index in [9.17, 15) is 14.4 Å². The van der Waals surface area contributed by atoms with Crippen molar-refractivity contribution in [3.63, 3.8) is 0 Å². The van der Waals surface area contributed by atoms with Crippen LogP contribution in [-0.4, -0.2) is 48.1 Å². The van der Waals surface area contributed by atoms with Gasteiger partial charge in [0, 0.05) is 25.3 Å².